The number of thiophene rings is 1. The van der Waals surface area contributed by atoms with E-state index in [1.165, 1.54) is 11.3 Å². The molecular weight excluding hydrogens is 486 g/mol. The lowest BCUT2D eigenvalue weighted by atomic mass is 9.96. The third-order valence-corrected chi connectivity index (χ3v) is 8.16. The fourth-order valence-electron chi connectivity index (χ4n) is 5.15. The van der Waals surface area contributed by atoms with Crippen molar-refractivity contribution < 1.29 is 19.1 Å². The Balaban J connectivity index is 1.38. The van der Waals surface area contributed by atoms with Gasteiger partial charge in [-0.15, -0.1) is 11.3 Å². The molecule has 3 aromatic rings. The number of carbonyl (C=O) groups is 3. The van der Waals surface area contributed by atoms with Crippen LogP contribution < -0.4 is 5.32 Å². The third-order valence-electron chi connectivity index (χ3n) is 7.30. The van der Waals surface area contributed by atoms with Crippen LogP contribution >= 0.6 is 11.3 Å². The number of hydrogen-bond donors (Lipinski definition) is 1. The van der Waals surface area contributed by atoms with Gasteiger partial charge < -0.3 is 15.0 Å². The van der Waals surface area contributed by atoms with Crippen molar-refractivity contribution in [2.24, 2.45) is 0 Å². The highest BCUT2D eigenvalue weighted by Crippen LogP contribution is 2.39. The normalized spacial score (nSPS) is 19.6. The first kappa shape index (κ1) is 25.2. The molecule has 8 heteroatoms. The van der Waals surface area contributed by atoms with Gasteiger partial charge in [0.25, 0.3) is 11.8 Å². The van der Waals surface area contributed by atoms with Crippen LogP contribution in [0.15, 0.2) is 72.1 Å². The summed E-state index contributed by atoms with van der Waals surface area (Å²) in [5.41, 5.74) is 1.62. The van der Waals surface area contributed by atoms with Crippen LogP contribution in [0.3, 0.4) is 0 Å². The molecule has 0 radical (unpaired) electrons. The summed E-state index contributed by atoms with van der Waals surface area (Å²) in [6.07, 6.45) is 0.888. The average molecular weight is 518 g/mol. The van der Waals surface area contributed by atoms with Crippen LogP contribution in [-0.2, 0) is 9.53 Å². The van der Waals surface area contributed by atoms with Crippen LogP contribution in [0.5, 0.6) is 0 Å². The molecule has 2 saturated heterocycles. The zero-order valence-electron chi connectivity index (χ0n) is 21.1. The minimum absolute atomic E-state index is 0.00904. The maximum Gasteiger partial charge on any atom is 0.263 e. The maximum absolute atomic E-state index is 13.9. The number of piperidine rings is 1. The Bertz CT molecular complexity index is 1250. The average Bonchev–Trinajstić information content (AvgIpc) is 3.58. The molecule has 2 aliphatic heterocycles. The van der Waals surface area contributed by atoms with Gasteiger partial charge in [0.15, 0.2) is 0 Å². The first-order valence-corrected chi connectivity index (χ1v) is 13.5. The van der Waals surface area contributed by atoms with E-state index in [1.54, 1.807) is 21.9 Å². The number of amides is 3. The largest absolute Gasteiger partial charge is 0.353 e. The van der Waals surface area contributed by atoms with E-state index in [9.17, 15) is 14.4 Å². The predicted octanol–water partition coefficient (Wildman–Crippen LogP) is 4.41. The first-order chi connectivity index (χ1) is 17.9. The second kappa shape index (κ2) is 10.5. The Labute approximate surface area is 221 Å². The van der Waals surface area contributed by atoms with Crippen molar-refractivity contribution in [1.29, 1.82) is 0 Å². The number of nitrogens with one attached hydrogen (secondary N) is 1. The van der Waals surface area contributed by atoms with Crippen molar-refractivity contribution in [3.05, 3.63) is 93.7 Å². The highest BCUT2D eigenvalue weighted by Gasteiger charge is 2.54. The Morgan fingerprint density at radius 3 is 2.32 bits per heavy atom. The maximum atomic E-state index is 13.9. The van der Waals surface area contributed by atoms with Gasteiger partial charge in [-0.2, -0.15) is 0 Å². The molecule has 3 amide bonds. The summed E-state index contributed by atoms with van der Waals surface area (Å²) in [4.78, 5) is 44.5. The molecule has 0 bridgehead atoms. The van der Waals surface area contributed by atoms with Crippen molar-refractivity contribution in [2.45, 2.75) is 44.5 Å². The van der Waals surface area contributed by atoms with Gasteiger partial charge >= 0.3 is 0 Å². The molecule has 1 aromatic heterocycles. The summed E-state index contributed by atoms with van der Waals surface area (Å²) in [6.45, 7) is 4.91. The summed E-state index contributed by atoms with van der Waals surface area (Å²) in [7, 11) is 0. The molecule has 2 aliphatic rings. The Hall–Kier alpha value is -3.49. The molecule has 37 heavy (non-hydrogen) atoms. The quantitative estimate of drug-likeness (QED) is 0.544. The van der Waals surface area contributed by atoms with E-state index in [4.69, 9.17) is 4.74 Å². The highest BCUT2D eigenvalue weighted by molar-refractivity contribution is 7.12. The molecule has 7 nitrogen and oxygen atoms in total. The number of nitrogens with zero attached hydrogens (tertiary/aromatic N) is 2. The Morgan fingerprint density at radius 1 is 0.973 bits per heavy atom. The molecule has 192 valence electrons. The lowest BCUT2D eigenvalue weighted by Gasteiger charge is -2.44. The van der Waals surface area contributed by atoms with Crippen molar-refractivity contribution in [3.63, 3.8) is 0 Å². The van der Waals surface area contributed by atoms with Crippen LogP contribution in [0.25, 0.3) is 0 Å². The van der Waals surface area contributed by atoms with Gasteiger partial charge in [-0.1, -0.05) is 54.1 Å². The van der Waals surface area contributed by atoms with Crippen LogP contribution in [0.2, 0.25) is 0 Å². The number of rotatable bonds is 5. The molecule has 0 saturated carbocycles. The van der Waals surface area contributed by atoms with Gasteiger partial charge in [0.2, 0.25) is 5.91 Å². The van der Waals surface area contributed by atoms with E-state index in [0.29, 0.717) is 36.4 Å². The smallest absolute Gasteiger partial charge is 0.263 e. The minimum atomic E-state index is -0.938. The monoisotopic (exact) mass is 517 g/mol. The fraction of sp³-hybridized carbons (Fsp3) is 0.345. The van der Waals surface area contributed by atoms with Crippen LogP contribution in [0, 0.1) is 6.92 Å². The van der Waals surface area contributed by atoms with E-state index in [-0.39, 0.29) is 30.4 Å². The second-order valence-corrected chi connectivity index (χ2v) is 10.7. The summed E-state index contributed by atoms with van der Waals surface area (Å²) in [5.74, 6) is -0.487. The van der Waals surface area contributed by atoms with E-state index in [2.05, 4.69) is 5.32 Å². The van der Waals surface area contributed by atoms with E-state index < -0.39 is 11.8 Å². The van der Waals surface area contributed by atoms with Gasteiger partial charge in [0.1, 0.15) is 11.8 Å². The molecule has 2 atom stereocenters. The molecule has 0 unspecified atom stereocenters. The third kappa shape index (κ3) is 5.04. The number of hydrogen-bond acceptors (Lipinski definition) is 5. The summed E-state index contributed by atoms with van der Waals surface area (Å²) >= 11 is 1.42. The van der Waals surface area contributed by atoms with Gasteiger partial charge in [-0.3, -0.25) is 19.3 Å². The van der Waals surface area contributed by atoms with Crippen molar-refractivity contribution >= 4 is 29.1 Å². The van der Waals surface area contributed by atoms with E-state index >= 15 is 0 Å². The lowest BCUT2D eigenvalue weighted by Crippen LogP contribution is -2.59. The number of benzene rings is 2. The molecule has 2 aromatic carbocycles. The summed E-state index contributed by atoms with van der Waals surface area (Å²) in [6, 6.07) is 19.8. The zero-order chi connectivity index (χ0) is 26.0. The Kier molecular flexibility index (Phi) is 7.13. The number of ether oxygens (including phenoxy) is 1. The number of likely N-dealkylation sites (tertiary alicyclic amines) is 1. The van der Waals surface area contributed by atoms with Crippen LogP contribution in [0.4, 0.5) is 0 Å². The molecule has 5 rings (SSSR count). The predicted molar refractivity (Wildman–Crippen MR) is 142 cm³/mol. The lowest BCUT2D eigenvalue weighted by molar-refractivity contribution is -0.128. The van der Waals surface area contributed by atoms with Gasteiger partial charge in [-0.25, -0.2) is 0 Å². The van der Waals surface area contributed by atoms with Crippen molar-refractivity contribution in [2.75, 3.05) is 19.7 Å². The van der Waals surface area contributed by atoms with Crippen LogP contribution in [0.1, 0.15) is 57.0 Å². The summed E-state index contributed by atoms with van der Waals surface area (Å²) < 4.78 is 6.31. The van der Waals surface area contributed by atoms with Gasteiger partial charge in [0, 0.05) is 31.5 Å². The summed E-state index contributed by atoms with van der Waals surface area (Å²) in [5, 5.41) is 4.96. The standard InChI is InChI=1S/C29H31N3O4S/c1-20-10-12-23(13-11-20)27(34)32-24(26(33)30-21(2)22-7-4-3-5-8-22)19-36-29(32)14-16-31(17-15-29)28(35)25-9-6-18-37-25/h3-13,18,21,24H,14-17,19H2,1-2H3,(H,30,33)/t21-,24+/m0/s1. The van der Waals surface area contributed by atoms with Crippen molar-refractivity contribution in [3.8, 4) is 0 Å². The fourth-order valence-corrected chi connectivity index (χ4v) is 5.84. The SMILES string of the molecule is Cc1ccc(C(=O)N2[C@@H](C(=O)N[C@@H](C)c3ccccc3)COC23CCN(C(=O)c2cccs2)CC3)cc1. The van der Waals surface area contributed by atoms with Crippen molar-refractivity contribution in [1.82, 2.24) is 15.1 Å². The molecular formula is C29H31N3O4S. The molecule has 1 N–H and O–H groups in total. The minimum Gasteiger partial charge on any atom is -0.353 e. The molecule has 1 spiro atoms. The molecule has 0 aliphatic carbocycles. The van der Waals surface area contributed by atoms with Crippen LogP contribution in [-0.4, -0.2) is 59.0 Å². The first-order valence-electron chi connectivity index (χ1n) is 12.6. The van der Waals surface area contributed by atoms with Gasteiger partial charge in [0.05, 0.1) is 17.5 Å². The topological polar surface area (TPSA) is 79.0 Å². The van der Waals surface area contributed by atoms with Gasteiger partial charge in [-0.05, 0) is 43.0 Å². The molecule has 2 fully saturated rings. The molecule has 3 heterocycles. The zero-order valence-corrected chi connectivity index (χ0v) is 21.9. The number of aryl methyl sites for hydroxylation is 1. The van der Waals surface area contributed by atoms with E-state index in [1.807, 2.05) is 73.8 Å². The Morgan fingerprint density at radius 2 is 1.68 bits per heavy atom. The van der Waals surface area contributed by atoms with E-state index in [0.717, 1.165) is 11.1 Å². The number of carbonyl (C=O) groups excluding carboxylic acids is 3. The highest BCUT2D eigenvalue weighted by atomic mass is 32.1. The second-order valence-electron chi connectivity index (χ2n) is 9.72.